The van der Waals surface area contributed by atoms with Crippen LogP contribution >= 0.6 is 0 Å². The molecule has 1 aliphatic rings. The first-order valence-electron chi connectivity index (χ1n) is 11.8. The molecule has 4 aromatic carbocycles. The summed E-state index contributed by atoms with van der Waals surface area (Å²) in [6.45, 7) is 0.675. The summed E-state index contributed by atoms with van der Waals surface area (Å²) in [6.07, 6.45) is 0. The van der Waals surface area contributed by atoms with Crippen molar-refractivity contribution in [2.24, 2.45) is 0 Å². The van der Waals surface area contributed by atoms with Crippen molar-refractivity contribution in [3.8, 4) is 5.75 Å². The molecule has 1 atom stereocenters. The molecule has 5 nitrogen and oxygen atoms in total. The van der Waals surface area contributed by atoms with E-state index in [1.807, 2.05) is 91.0 Å². The molecule has 0 aromatic heterocycles. The van der Waals surface area contributed by atoms with E-state index in [1.54, 1.807) is 24.3 Å². The Bertz CT molecular complexity index is 1380. The molecule has 1 N–H and O–H groups in total. The molecule has 0 spiro atoms. The van der Waals surface area contributed by atoms with Crippen molar-refractivity contribution in [2.45, 2.75) is 19.2 Å². The average molecular weight is 476 g/mol. The first-order valence-corrected chi connectivity index (χ1v) is 11.8. The molecule has 5 heteroatoms. The number of Topliss-reactive ketones (excluding diaryl/α,β-unsaturated/α-hetero) is 1. The van der Waals surface area contributed by atoms with Crippen molar-refractivity contribution < 1.29 is 19.4 Å². The molecule has 5 rings (SSSR count). The minimum Gasteiger partial charge on any atom is -0.507 e. The van der Waals surface area contributed by atoms with Gasteiger partial charge in [0.1, 0.15) is 18.1 Å². The molecule has 178 valence electrons. The molecule has 1 heterocycles. The number of ketones is 1. The van der Waals surface area contributed by atoms with Crippen molar-refractivity contribution in [1.29, 1.82) is 0 Å². The van der Waals surface area contributed by atoms with Crippen LogP contribution in [0.1, 0.15) is 28.3 Å². The second-order valence-electron chi connectivity index (χ2n) is 8.62. The Morgan fingerprint density at radius 2 is 1.28 bits per heavy atom. The summed E-state index contributed by atoms with van der Waals surface area (Å²) < 4.78 is 5.91. The van der Waals surface area contributed by atoms with E-state index in [1.165, 1.54) is 4.90 Å². The molecule has 1 saturated heterocycles. The minimum atomic E-state index is -0.728. The summed E-state index contributed by atoms with van der Waals surface area (Å²) in [5.74, 6) is -0.836. The molecular formula is C31H25NO4. The molecule has 1 fully saturated rings. The fourth-order valence-corrected chi connectivity index (χ4v) is 4.41. The van der Waals surface area contributed by atoms with Crippen LogP contribution in [0.25, 0.3) is 5.76 Å². The topological polar surface area (TPSA) is 66.8 Å². The van der Waals surface area contributed by atoms with Crippen molar-refractivity contribution in [3.05, 3.63) is 143 Å². The zero-order chi connectivity index (χ0) is 24.9. The monoisotopic (exact) mass is 475 g/mol. The lowest BCUT2D eigenvalue weighted by Gasteiger charge is -2.25. The predicted octanol–water partition coefficient (Wildman–Crippen LogP) is 5.89. The first-order chi connectivity index (χ1) is 17.6. The van der Waals surface area contributed by atoms with Crippen LogP contribution in [0.15, 0.2) is 121 Å². The quantitative estimate of drug-likeness (QED) is 0.206. The molecule has 0 radical (unpaired) electrons. The zero-order valence-electron chi connectivity index (χ0n) is 19.6. The van der Waals surface area contributed by atoms with Gasteiger partial charge in [-0.1, -0.05) is 103 Å². The van der Waals surface area contributed by atoms with Gasteiger partial charge in [0, 0.05) is 12.1 Å². The van der Waals surface area contributed by atoms with Gasteiger partial charge in [0.2, 0.25) is 0 Å². The predicted molar refractivity (Wildman–Crippen MR) is 138 cm³/mol. The Morgan fingerprint density at radius 1 is 0.722 bits per heavy atom. The van der Waals surface area contributed by atoms with Gasteiger partial charge in [-0.2, -0.15) is 0 Å². The molecule has 36 heavy (non-hydrogen) atoms. The number of likely N-dealkylation sites (tertiary alicyclic amines) is 1. The van der Waals surface area contributed by atoms with Gasteiger partial charge in [-0.25, -0.2) is 0 Å². The number of rotatable bonds is 7. The molecule has 1 amide bonds. The highest BCUT2D eigenvalue weighted by Crippen LogP contribution is 2.40. The summed E-state index contributed by atoms with van der Waals surface area (Å²) in [4.78, 5) is 27.9. The second kappa shape index (κ2) is 10.3. The van der Waals surface area contributed by atoms with E-state index in [0.717, 1.165) is 16.7 Å². The lowest BCUT2D eigenvalue weighted by molar-refractivity contribution is -0.140. The van der Waals surface area contributed by atoms with Gasteiger partial charge in [0.25, 0.3) is 11.7 Å². The van der Waals surface area contributed by atoms with E-state index >= 15 is 0 Å². The van der Waals surface area contributed by atoms with Crippen molar-refractivity contribution >= 4 is 17.4 Å². The van der Waals surface area contributed by atoms with E-state index in [-0.39, 0.29) is 17.9 Å². The van der Waals surface area contributed by atoms with E-state index in [4.69, 9.17) is 4.74 Å². The number of ether oxygens (including phenoxy) is 1. The van der Waals surface area contributed by atoms with Crippen LogP contribution in [-0.2, 0) is 22.7 Å². The number of carbonyl (C=O) groups is 2. The Labute approximate surface area is 209 Å². The number of benzene rings is 4. The number of carbonyl (C=O) groups excluding carboxylic acids is 2. The highest BCUT2D eigenvalue weighted by atomic mass is 16.5. The minimum absolute atomic E-state index is 0.0834. The third kappa shape index (κ3) is 4.77. The van der Waals surface area contributed by atoms with Gasteiger partial charge in [-0.05, 0) is 28.8 Å². The number of hydrogen-bond acceptors (Lipinski definition) is 4. The fourth-order valence-electron chi connectivity index (χ4n) is 4.41. The molecular weight excluding hydrogens is 450 g/mol. The summed E-state index contributed by atoms with van der Waals surface area (Å²) in [5, 5.41) is 11.1. The number of amides is 1. The molecule has 0 bridgehead atoms. The number of aliphatic hydroxyl groups is 1. The van der Waals surface area contributed by atoms with Crippen LogP contribution in [0.5, 0.6) is 5.75 Å². The van der Waals surface area contributed by atoms with Crippen LogP contribution in [-0.4, -0.2) is 21.7 Å². The first kappa shape index (κ1) is 23.1. The summed E-state index contributed by atoms with van der Waals surface area (Å²) in [5.41, 5.74) is 3.24. The number of hydrogen-bond donors (Lipinski definition) is 1. The average Bonchev–Trinajstić information content (AvgIpc) is 3.18. The van der Waals surface area contributed by atoms with Crippen molar-refractivity contribution in [1.82, 2.24) is 4.90 Å². The van der Waals surface area contributed by atoms with Gasteiger partial charge in [-0.15, -0.1) is 0 Å². The molecule has 0 aliphatic carbocycles. The van der Waals surface area contributed by atoms with E-state index < -0.39 is 17.7 Å². The molecule has 1 aliphatic heterocycles. The second-order valence-corrected chi connectivity index (χ2v) is 8.62. The maximum atomic E-state index is 13.2. The van der Waals surface area contributed by atoms with E-state index in [0.29, 0.717) is 17.9 Å². The Hall–Kier alpha value is -4.64. The smallest absolute Gasteiger partial charge is 0.295 e. The molecule has 4 aromatic rings. The Kier molecular flexibility index (Phi) is 6.63. The van der Waals surface area contributed by atoms with E-state index in [9.17, 15) is 14.7 Å². The van der Waals surface area contributed by atoms with Gasteiger partial charge in [0.05, 0.1) is 11.6 Å². The SMILES string of the molecule is O=C1C(=O)N(Cc2ccccc2)C(c2ccc(OCc3ccccc3)cc2)/C1=C(\O)c1ccccc1. The highest BCUT2D eigenvalue weighted by molar-refractivity contribution is 6.46. The third-order valence-corrected chi connectivity index (χ3v) is 6.23. The van der Waals surface area contributed by atoms with Crippen LogP contribution in [0.4, 0.5) is 0 Å². The van der Waals surface area contributed by atoms with Gasteiger partial charge in [0.15, 0.2) is 0 Å². The van der Waals surface area contributed by atoms with Gasteiger partial charge >= 0.3 is 0 Å². The third-order valence-electron chi connectivity index (χ3n) is 6.23. The summed E-state index contributed by atoms with van der Waals surface area (Å²) in [7, 11) is 0. The Morgan fingerprint density at radius 3 is 1.89 bits per heavy atom. The lowest BCUT2D eigenvalue weighted by Crippen LogP contribution is -2.29. The van der Waals surface area contributed by atoms with Crippen LogP contribution < -0.4 is 4.74 Å². The van der Waals surface area contributed by atoms with Crippen LogP contribution in [0, 0.1) is 0 Å². The summed E-state index contributed by atoms with van der Waals surface area (Å²) in [6, 6.07) is 34.8. The lowest BCUT2D eigenvalue weighted by atomic mass is 9.95. The highest BCUT2D eigenvalue weighted by Gasteiger charge is 2.46. The normalized spacial score (nSPS) is 16.8. The largest absolute Gasteiger partial charge is 0.507 e. The van der Waals surface area contributed by atoms with Crippen molar-refractivity contribution in [2.75, 3.05) is 0 Å². The molecule has 1 unspecified atom stereocenters. The standard InChI is InChI=1S/C31H25NO4/c33-29(25-14-8-3-9-15-25)27-28(32(31(35)30(27)34)20-22-10-4-1-5-11-22)24-16-18-26(19-17-24)36-21-23-12-6-2-7-13-23/h1-19,28,33H,20-21H2/b29-27+. The fraction of sp³-hybridized carbons (Fsp3) is 0.0968. The van der Waals surface area contributed by atoms with Gasteiger partial charge < -0.3 is 14.7 Å². The number of nitrogens with zero attached hydrogens (tertiary/aromatic N) is 1. The van der Waals surface area contributed by atoms with Crippen LogP contribution in [0.3, 0.4) is 0 Å². The van der Waals surface area contributed by atoms with E-state index in [2.05, 4.69) is 0 Å². The zero-order valence-corrected chi connectivity index (χ0v) is 19.6. The van der Waals surface area contributed by atoms with Crippen molar-refractivity contribution in [3.63, 3.8) is 0 Å². The molecule has 0 saturated carbocycles. The van der Waals surface area contributed by atoms with Crippen LogP contribution in [0.2, 0.25) is 0 Å². The van der Waals surface area contributed by atoms with Gasteiger partial charge in [-0.3, -0.25) is 9.59 Å². The maximum Gasteiger partial charge on any atom is 0.295 e. The summed E-state index contributed by atoms with van der Waals surface area (Å²) >= 11 is 0. The Balaban J connectivity index is 1.50. The maximum absolute atomic E-state index is 13.2. The number of aliphatic hydroxyl groups excluding tert-OH is 1.